The highest BCUT2D eigenvalue weighted by molar-refractivity contribution is 6.99. The number of nitrogens with one attached hydrogen (secondary N) is 1. The summed E-state index contributed by atoms with van der Waals surface area (Å²) in [7, 11) is 0. The van der Waals surface area contributed by atoms with Gasteiger partial charge in [0.15, 0.2) is 5.69 Å². The first-order valence-electron chi connectivity index (χ1n) is 7.10. The van der Waals surface area contributed by atoms with Crippen LogP contribution < -0.4 is 5.32 Å². The fourth-order valence-electron chi connectivity index (χ4n) is 2.54. The maximum absolute atomic E-state index is 12.1. The molecule has 0 bridgehead atoms. The van der Waals surface area contributed by atoms with Gasteiger partial charge in [-0.2, -0.15) is 8.75 Å². The molecule has 1 aliphatic heterocycles. The lowest BCUT2D eigenvalue weighted by Crippen LogP contribution is -2.31. The van der Waals surface area contributed by atoms with Crippen molar-refractivity contribution in [2.75, 3.05) is 13.1 Å². The summed E-state index contributed by atoms with van der Waals surface area (Å²) < 4.78 is 7.69. The highest BCUT2D eigenvalue weighted by atomic mass is 32.1. The molecular formula is C15H16N4O2S. The first-order valence-corrected chi connectivity index (χ1v) is 7.83. The van der Waals surface area contributed by atoms with Crippen LogP contribution in [0.25, 0.3) is 0 Å². The molecule has 22 heavy (non-hydrogen) atoms. The third kappa shape index (κ3) is 3.48. The lowest BCUT2D eigenvalue weighted by Gasteiger charge is -2.16. The van der Waals surface area contributed by atoms with Crippen LogP contribution in [0.1, 0.15) is 22.5 Å². The number of benzene rings is 1. The maximum Gasteiger partial charge on any atom is 0.272 e. The molecule has 114 valence electrons. The number of hydrogen-bond acceptors (Lipinski definition) is 5. The summed E-state index contributed by atoms with van der Waals surface area (Å²) in [6.07, 6.45) is 1.92. The summed E-state index contributed by atoms with van der Waals surface area (Å²) in [5.41, 5.74) is 1.45. The molecule has 1 N–H and O–H groups in total. The van der Waals surface area contributed by atoms with E-state index in [1.807, 2.05) is 35.2 Å². The van der Waals surface area contributed by atoms with Crippen LogP contribution >= 0.6 is 11.7 Å². The van der Waals surface area contributed by atoms with Gasteiger partial charge in [-0.15, -0.1) is 0 Å². The van der Waals surface area contributed by atoms with Crippen molar-refractivity contribution in [3.05, 3.63) is 47.8 Å². The second-order valence-electron chi connectivity index (χ2n) is 5.33. The monoisotopic (exact) mass is 316 g/mol. The molecule has 1 fully saturated rings. The second kappa shape index (κ2) is 6.65. The highest BCUT2D eigenvalue weighted by Crippen LogP contribution is 2.19. The zero-order valence-corrected chi connectivity index (χ0v) is 12.8. The number of nitrogens with zero attached hydrogens (tertiary/aromatic N) is 3. The van der Waals surface area contributed by atoms with E-state index in [2.05, 4.69) is 14.1 Å². The molecule has 3 rings (SSSR count). The van der Waals surface area contributed by atoms with E-state index >= 15 is 0 Å². The van der Waals surface area contributed by atoms with E-state index in [4.69, 9.17) is 0 Å². The van der Waals surface area contributed by atoms with E-state index in [0.717, 1.165) is 17.3 Å². The van der Waals surface area contributed by atoms with Crippen LogP contribution in [0.3, 0.4) is 0 Å². The summed E-state index contributed by atoms with van der Waals surface area (Å²) in [5, 5.41) is 2.82. The molecule has 7 heteroatoms. The minimum Gasteiger partial charge on any atom is -0.350 e. The molecule has 1 aliphatic rings. The van der Waals surface area contributed by atoms with Crippen LogP contribution in [-0.2, 0) is 11.3 Å². The van der Waals surface area contributed by atoms with Gasteiger partial charge in [0.1, 0.15) is 0 Å². The molecule has 0 aliphatic carbocycles. The Morgan fingerprint density at radius 1 is 1.36 bits per heavy atom. The molecule has 2 amide bonds. The molecule has 1 saturated heterocycles. The highest BCUT2D eigenvalue weighted by Gasteiger charge is 2.29. The molecule has 2 heterocycles. The molecule has 0 radical (unpaired) electrons. The lowest BCUT2D eigenvalue weighted by molar-refractivity contribution is -0.128. The van der Waals surface area contributed by atoms with Crippen molar-refractivity contribution in [3.63, 3.8) is 0 Å². The minimum absolute atomic E-state index is 0.137. The van der Waals surface area contributed by atoms with Gasteiger partial charge in [0.2, 0.25) is 5.91 Å². The van der Waals surface area contributed by atoms with Gasteiger partial charge < -0.3 is 10.2 Å². The van der Waals surface area contributed by atoms with Crippen molar-refractivity contribution in [3.8, 4) is 0 Å². The van der Waals surface area contributed by atoms with Crippen LogP contribution in [0.2, 0.25) is 0 Å². The molecular weight excluding hydrogens is 300 g/mol. The standard InChI is InChI=1S/C15H16N4O2S/c20-14-6-12(7-16-15(21)13-8-17-22-18-13)10-19(14)9-11-4-2-1-3-5-11/h1-5,8,12H,6-7,9-10H2,(H,16,21)/t12-/m0/s1. The molecule has 6 nitrogen and oxygen atoms in total. The summed E-state index contributed by atoms with van der Waals surface area (Å²) in [4.78, 5) is 25.7. The minimum atomic E-state index is -0.234. The zero-order chi connectivity index (χ0) is 15.4. The Labute approximate surface area is 132 Å². The predicted molar refractivity (Wildman–Crippen MR) is 82.2 cm³/mol. The van der Waals surface area contributed by atoms with E-state index in [1.165, 1.54) is 6.20 Å². The lowest BCUT2D eigenvalue weighted by atomic mass is 10.1. The van der Waals surface area contributed by atoms with Gasteiger partial charge in [-0.05, 0) is 5.56 Å². The Morgan fingerprint density at radius 3 is 2.91 bits per heavy atom. The van der Waals surface area contributed by atoms with Gasteiger partial charge in [-0.25, -0.2) is 0 Å². The molecule has 0 saturated carbocycles. The van der Waals surface area contributed by atoms with Crippen molar-refractivity contribution in [1.82, 2.24) is 19.0 Å². The van der Waals surface area contributed by atoms with Crippen LogP contribution in [0.5, 0.6) is 0 Å². The van der Waals surface area contributed by atoms with E-state index in [0.29, 0.717) is 31.7 Å². The van der Waals surface area contributed by atoms with Gasteiger partial charge in [0, 0.05) is 32.0 Å². The van der Waals surface area contributed by atoms with E-state index in [-0.39, 0.29) is 17.7 Å². The van der Waals surface area contributed by atoms with Gasteiger partial charge in [-0.1, -0.05) is 30.3 Å². The van der Waals surface area contributed by atoms with E-state index in [1.54, 1.807) is 0 Å². The largest absolute Gasteiger partial charge is 0.350 e. The average molecular weight is 316 g/mol. The number of likely N-dealkylation sites (tertiary alicyclic amines) is 1. The first-order chi connectivity index (χ1) is 10.7. The van der Waals surface area contributed by atoms with Crippen LogP contribution in [0, 0.1) is 5.92 Å². The molecule has 1 atom stereocenters. The number of carbonyl (C=O) groups excluding carboxylic acids is 2. The summed E-state index contributed by atoms with van der Waals surface area (Å²) in [6, 6.07) is 9.92. The number of amides is 2. The Balaban J connectivity index is 1.50. The zero-order valence-electron chi connectivity index (χ0n) is 11.9. The summed E-state index contributed by atoms with van der Waals surface area (Å²) in [6.45, 7) is 1.77. The number of aromatic nitrogens is 2. The smallest absolute Gasteiger partial charge is 0.272 e. The van der Waals surface area contributed by atoms with E-state index < -0.39 is 0 Å². The Kier molecular flexibility index (Phi) is 4.43. The van der Waals surface area contributed by atoms with Crippen molar-refractivity contribution >= 4 is 23.5 Å². The van der Waals surface area contributed by atoms with Crippen molar-refractivity contribution in [2.45, 2.75) is 13.0 Å². The molecule has 0 unspecified atom stereocenters. The number of rotatable bonds is 5. The van der Waals surface area contributed by atoms with Gasteiger partial charge in [0.25, 0.3) is 5.91 Å². The van der Waals surface area contributed by atoms with Crippen LogP contribution in [0.15, 0.2) is 36.5 Å². The Hall–Kier alpha value is -2.28. The normalized spacial score (nSPS) is 17.7. The van der Waals surface area contributed by atoms with Crippen molar-refractivity contribution in [2.24, 2.45) is 5.92 Å². The molecule has 2 aromatic rings. The molecule has 1 aromatic heterocycles. The Bertz CT molecular complexity index is 645. The number of carbonyl (C=O) groups is 2. The topological polar surface area (TPSA) is 75.2 Å². The van der Waals surface area contributed by atoms with E-state index in [9.17, 15) is 9.59 Å². The van der Waals surface area contributed by atoms with Gasteiger partial charge in [0.05, 0.1) is 17.9 Å². The third-order valence-electron chi connectivity index (χ3n) is 3.66. The molecule has 0 spiro atoms. The SMILES string of the molecule is O=C(NC[C@@H]1CC(=O)N(Cc2ccccc2)C1)c1cnsn1. The van der Waals surface area contributed by atoms with Gasteiger partial charge in [-0.3, -0.25) is 9.59 Å². The van der Waals surface area contributed by atoms with Crippen LogP contribution in [0.4, 0.5) is 0 Å². The van der Waals surface area contributed by atoms with Crippen molar-refractivity contribution < 1.29 is 9.59 Å². The quantitative estimate of drug-likeness (QED) is 0.902. The maximum atomic E-state index is 12.1. The van der Waals surface area contributed by atoms with Crippen LogP contribution in [-0.4, -0.2) is 38.6 Å². The number of hydrogen-bond donors (Lipinski definition) is 1. The predicted octanol–water partition coefficient (Wildman–Crippen LogP) is 1.32. The first kappa shape index (κ1) is 14.6. The van der Waals surface area contributed by atoms with Gasteiger partial charge >= 0.3 is 0 Å². The second-order valence-corrected chi connectivity index (χ2v) is 5.89. The van der Waals surface area contributed by atoms with Crippen molar-refractivity contribution in [1.29, 1.82) is 0 Å². The fourth-order valence-corrected chi connectivity index (χ4v) is 2.95. The average Bonchev–Trinajstić information content (AvgIpc) is 3.17. The Morgan fingerprint density at radius 2 is 2.18 bits per heavy atom. The third-order valence-corrected chi connectivity index (χ3v) is 4.13. The summed E-state index contributed by atoms with van der Waals surface area (Å²) >= 11 is 1.00. The molecule has 1 aromatic carbocycles. The summed E-state index contributed by atoms with van der Waals surface area (Å²) in [5.74, 6) is 0.0490. The fraction of sp³-hybridized carbons (Fsp3) is 0.333.